The van der Waals surface area contributed by atoms with Crippen molar-refractivity contribution in [1.82, 2.24) is 0 Å². The molecule has 2 saturated heterocycles. The second-order valence-corrected chi connectivity index (χ2v) is 11.4. The van der Waals surface area contributed by atoms with E-state index in [-0.39, 0.29) is 36.3 Å². The van der Waals surface area contributed by atoms with Gasteiger partial charge in [-0.1, -0.05) is 0 Å². The van der Waals surface area contributed by atoms with Gasteiger partial charge in [0.05, 0.1) is 37.6 Å². The largest absolute Gasteiger partial charge is 0.387 e. The predicted octanol–water partition coefficient (Wildman–Crippen LogP) is 1.99. The summed E-state index contributed by atoms with van der Waals surface area (Å²) in [7, 11) is 11.7. The van der Waals surface area contributed by atoms with Crippen LogP contribution in [0, 0.1) is 0 Å². The second kappa shape index (κ2) is 10.5. The normalized spacial score (nSPS) is 36.6. The van der Waals surface area contributed by atoms with E-state index in [9.17, 15) is 9.46 Å². The zero-order valence-corrected chi connectivity index (χ0v) is 18.1. The van der Waals surface area contributed by atoms with Gasteiger partial charge in [0, 0.05) is 17.3 Å². The van der Waals surface area contributed by atoms with Crippen molar-refractivity contribution in [2.24, 2.45) is 0 Å². The number of rotatable bonds is 10. The molecule has 2 aliphatic heterocycles. The minimum atomic E-state index is -3.94. The van der Waals surface area contributed by atoms with Crippen LogP contribution in [0.5, 0.6) is 0 Å². The van der Waals surface area contributed by atoms with Crippen molar-refractivity contribution in [2.45, 2.75) is 88.3 Å². The Morgan fingerprint density at radius 2 is 1.70 bits per heavy atom. The fourth-order valence-electron chi connectivity index (χ4n) is 3.05. The van der Waals surface area contributed by atoms with Gasteiger partial charge in [0.15, 0.2) is 0 Å². The van der Waals surface area contributed by atoms with Crippen LogP contribution < -0.4 is 0 Å². The Labute approximate surface area is 168 Å². The zero-order valence-electron chi connectivity index (χ0n) is 16.4. The van der Waals surface area contributed by atoms with Crippen LogP contribution in [0.1, 0.15) is 40.5 Å². The molecule has 152 valence electrons. The first-order chi connectivity index (χ1) is 12.6. The molecule has 0 spiro atoms. The average Bonchev–Trinajstić information content (AvgIpc) is 3.04. The van der Waals surface area contributed by atoms with Crippen molar-refractivity contribution in [3.8, 4) is 0 Å². The highest BCUT2D eigenvalue weighted by Gasteiger charge is 2.41. The minimum absolute atomic E-state index is 0.000506. The summed E-state index contributed by atoms with van der Waals surface area (Å²) >= 11 is 0.849. The number of hydrogen-bond acceptors (Lipinski definition) is 7. The first-order valence-corrected chi connectivity index (χ1v) is 12.4. The molecule has 0 bridgehead atoms. The molecule has 2 rings (SSSR count). The van der Waals surface area contributed by atoms with Crippen LogP contribution in [-0.2, 0) is 28.0 Å². The fraction of sp³-hybridized carbons (Fsp3) is 1.00. The van der Waals surface area contributed by atoms with Crippen LogP contribution in [0.3, 0.4) is 0 Å². The van der Waals surface area contributed by atoms with E-state index in [1.165, 1.54) is 0 Å². The van der Waals surface area contributed by atoms with Gasteiger partial charge in [0.1, 0.15) is 21.8 Å². The summed E-state index contributed by atoms with van der Waals surface area (Å²) in [6.07, 6.45) is -0.0880. The van der Waals surface area contributed by atoms with Gasteiger partial charge in [-0.2, -0.15) is 0 Å². The van der Waals surface area contributed by atoms with Crippen molar-refractivity contribution in [3.05, 3.63) is 0 Å². The molecule has 0 aromatic carbocycles. The number of hydrogen-bond donors (Lipinski definition) is 1. The molecule has 27 heavy (non-hydrogen) atoms. The summed E-state index contributed by atoms with van der Waals surface area (Å²) in [5, 5.41) is -0.288. The summed E-state index contributed by atoms with van der Waals surface area (Å²) in [6, 6.07) is -0.949. The summed E-state index contributed by atoms with van der Waals surface area (Å²) in [5.41, 5.74) is 0. The second-order valence-electron chi connectivity index (χ2n) is 7.41. The van der Waals surface area contributed by atoms with Gasteiger partial charge >= 0.3 is 6.80 Å². The van der Waals surface area contributed by atoms with Crippen molar-refractivity contribution in [3.63, 3.8) is 0 Å². The predicted molar refractivity (Wildman–Crippen MR) is 106 cm³/mol. The molecule has 7 atom stereocenters. The third-order valence-electron chi connectivity index (χ3n) is 4.17. The van der Waals surface area contributed by atoms with E-state index in [1.54, 1.807) is 0 Å². The summed E-state index contributed by atoms with van der Waals surface area (Å²) in [4.78, 5) is 10.3. The van der Waals surface area contributed by atoms with Gasteiger partial charge in [-0.25, -0.2) is 4.57 Å². The standard InChI is InChI=1S/C16H29B2O7PS/c1-9(2)21-7-13-14(6-16(18)25-13)27-26(19,20)22-8-12-11(23-10(3)4)5-15(17)24-12/h9-16H,5-8H2,1-4H3,(H,19,20)/t11-,12-,13-,14-,15-,16-/m1/s1. The molecule has 2 heterocycles. The molecule has 4 radical (unpaired) electrons. The van der Waals surface area contributed by atoms with Gasteiger partial charge < -0.3 is 23.8 Å². The topological polar surface area (TPSA) is 83.5 Å². The van der Waals surface area contributed by atoms with E-state index in [0.29, 0.717) is 19.4 Å². The molecule has 7 nitrogen and oxygen atoms in total. The molecule has 0 amide bonds. The van der Waals surface area contributed by atoms with Gasteiger partial charge in [0.25, 0.3) is 0 Å². The van der Waals surface area contributed by atoms with Gasteiger partial charge in [-0.05, 0) is 51.9 Å². The Bertz CT molecular complexity index is 513. The molecule has 1 unspecified atom stereocenters. The summed E-state index contributed by atoms with van der Waals surface area (Å²) < 4.78 is 40.4. The highest BCUT2D eigenvalue weighted by atomic mass is 32.7. The lowest BCUT2D eigenvalue weighted by Gasteiger charge is -2.24. The van der Waals surface area contributed by atoms with E-state index in [0.717, 1.165) is 11.4 Å². The van der Waals surface area contributed by atoms with Crippen LogP contribution in [0.4, 0.5) is 0 Å². The molecular weight excluding hydrogens is 389 g/mol. The maximum atomic E-state index is 12.6. The van der Waals surface area contributed by atoms with Crippen molar-refractivity contribution >= 4 is 33.9 Å². The highest BCUT2D eigenvalue weighted by molar-refractivity contribution is 8.55. The third kappa shape index (κ3) is 8.01. The Hall–Kier alpha value is 0.470. The lowest BCUT2D eigenvalue weighted by Crippen LogP contribution is -2.31. The Morgan fingerprint density at radius 3 is 2.33 bits per heavy atom. The van der Waals surface area contributed by atoms with Crippen LogP contribution in [0.25, 0.3) is 0 Å². The van der Waals surface area contributed by atoms with Crippen molar-refractivity contribution in [2.75, 3.05) is 13.2 Å². The maximum Gasteiger partial charge on any atom is 0.387 e. The van der Waals surface area contributed by atoms with Gasteiger partial charge in [0.2, 0.25) is 0 Å². The molecule has 0 aromatic heterocycles. The smallest absolute Gasteiger partial charge is 0.381 e. The number of ether oxygens (including phenoxy) is 4. The summed E-state index contributed by atoms with van der Waals surface area (Å²) in [6.45, 7) is 3.97. The molecular formula is C16H29B2O7PS. The molecule has 0 aliphatic carbocycles. The summed E-state index contributed by atoms with van der Waals surface area (Å²) in [5.74, 6) is 0. The van der Waals surface area contributed by atoms with Gasteiger partial charge in [-0.3, -0.25) is 4.52 Å². The fourth-order valence-corrected chi connectivity index (χ4v) is 6.40. The van der Waals surface area contributed by atoms with Gasteiger partial charge in [-0.15, -0.1) is 0 Å². The lowest BCUT2D eigenvalue weighted by molar-refractivity contribution is -0.0547. The Kier molecular flexibility index (Phi) is 9.22. The van der Waals surface area contributed by atoms with E-state index < -0.39 is 24.9 Å². The monoisotopic (exact) mass is 418 g/mol. The molecule has 2 fully saturated rings. The highest BCUT2D eigenvalue weighted by Crippen LogP contribution is 2.60. The maximum absolute atomic E-state index is 12.6. The van der Waals surface area contributed by atoms with E-state index in [4.69, 9.17) is 39.2 Å². The molecule has 0 saturated carbocycles. The first-order valence-electron chi connectivity index (χ1n) is 9.30. The SMILES string of the molecule is [B][C@H]1C[C@@H](OC(C)C)[C@@H](COP(=O)(O)S[C@@H]2C[C@H]([B])O[C@@H]2COC(C)C)O1. The van der Waals surface area contributed by atoms with Crippen LogP contribution in [-0.4, -0.2) is 81.6 Å². The van der Waals surface area contributed by atoms with E-state index >= 15 is 0 Å². The quantitative estimate of drug-likeness (QED) is 0.426. The third-order valence-corrected chi connectivity index (χ3v) is 7.61. The van der Waals surface area contributed by atoms with Crippen molar-refractivity contribution < 1.29 is 32.9 Å². The molecule has 2 aliphatic rings. The van der Waals surface area contributed by atoms with E-state index in [2.05, 4.69) is 0 Å². The van der Waals surface area contributed by atoms with E-state index in [1.807, 2.05) is 27.7 Å². The first kappa shape index (κ1) is 23.7. The van der Waals surface area contributed by atoms with Crippen molar-refractivity contribution in [1.29, 1.82) is 0 Å². The van der Waals surface area contributed by atoms with Crippen LogP contribution in [0.2, 0.25) is 0 Å². The zero-order chi connectivity index (χ0) is 20.2. The minimum Gasteiger partial charge on any atom is -0.381 e. The molecule has 11 heteroatoms. The molecule has 1 N–H and O–H groups in total. The Balaban J connectivity index is 1.87. The molecule has 0 aromatic rings. The van der Waals surface area contributed by atoms with Crippen LogP contribution >= 0.6 is 18.2 Å². The average molecular weight is 418 g/mol. The lowest BCUT2D eigenvalue weighted by atomic mass is 9.96. The van der Waals surface area contributed by atoms with Crippen LogP contribution in [0.15, 0.2) is 0 Å². The Morgan fingerprint density at radius 1 is 1.07 bits per heavy atom.